The molecular formula is C25H24ClF3N2O3. The van der Waals surface area contributed by atoms with Crippen LogP contribution in [0.1, 0.15) is 77.8 Å². The number of carboxylic acids is 1. The fraction of sp³-hybridized carbons (Fsp3) is 0.480. The summed E-state index contributed by atoms with van der Waals surface area (Å²) in [7, 11) is 0. The van der Waals surface area contributed by atoms with Gasteiger partial charge in [-0.3, -0.25) is 9.59 Å². The number of halogens is 4. The summed E-state index contributed by atoms with van der Waals surface area (Å²) in [6.07, 6.45) is 1.77. The predicted molar refractivity (Wildman–Crippen MR) is 120 cm³/mol. The van der Waals surface area contributed by atoms with Crippen molar-refractivity contribution in [2.75, 3.05) is 0 Å². The molecule has 1 saturated carbocycles. The second kappa shape index (κ2) is 8.26. The predicted octanol–water partition coefficient (Wildman–Crippen LogP) is 5.97. The van der Waals surface area contributed by atoms with E-state index >= 15 is 0 Å². The minimum absolute atomic E-state index is 0.0131. The molecule has 1 N–H and O–H groups in total. The number of fused-ring (bicyclic) bond motifs is 1. The lowest BCUT2D eigenvalue weighted by atomic mass is 9.85. The molecule has 1 aromatic heterocycles. The van der Waals surface area contributed by atoms with E-state index in [1.165, 1.54) is 22.9 Å². The lowest BCUT2D eigenvalue weighted by molar-refractivity contribution is -0.160. The highest BCUT2D eigenvalue weighted by Crippen LogP contribution is 2.60. The van der Waals surface area contributed by atoms with E-state index in [0.717, 1.165) is 36.1 Å². The van der Waals surface area contributed by atoms with Crippen molar-refractivity contribution >= 4 is 29.1 Å². The molecule has 5 nitrogen and oxygen atoms in total. The van der Waals surface area contributed by atoms with E-state index in [0.29, 0.717) is 31.4 Å². The largest absolute Gasteiger partial charge is 0.481 e. The molecule has 1 heterocycles. The molecule has 1 atom stereocenters. The van der Waals surface area contributed by atoms with Gasteiger partial charge in [0.15, 0.2) is 0 Å². The highest BCUT2D eigenvalue weighted by Gasteiger charge is 2.65. The zero-order valence-electron chi connectivity index (χ0n) is 18.4. The third-order valence-electron chi connectivity index (χ3n) is 7.47. The molecule has 9 heteroatoms. The van der Waals surface area contributed by atoms with Gasteiger partial charge in [-0.1, -0.05) is 29.8 Å². The minimum Gasteiger partial charge on any atom is -0.481 e. The van der Waals surface area contributed by atoms with Crippen molar-refractivity contribution in [1.29, 1.82) is 0 Å². The Labute approximate surface area is 199 Å². The van der Waals surface area contributed by atoms with Crippen LogP contribution in [0.15, 0.2) is 24.3 Å². The number of aliphatic carboxylic acids is 1. The Bertz CT molecular complexity index is 1210. The van der Waals surface area contributed by atoms with Crippen LogP contribution < -0.4 is 0 Å². The molecule has 0 aliphatic heterocycles. The molecular weight excluding hydrogens is 469 g/mol. The summed E-state index contributed by atoms with van der Waals surface area (Å²) >= 11 is 6.35. The SMILES string of the molecule is O=C(O)C1CC=C(c2nn(C(=O)c3c(Cl)cccc3C3(C(F)(F)F)CC3)c3c2CCCC3)CC1. The topological polar surface area (TPSA) is 72.2 Å². The van der Waals surface area contributed by atoms with Gasteiger partial charge in [-0.15, -0.1) is 0 Å². The van der Waals surface area contributed by atoms with Gasteiger partial charge < -0.3 is 5.11 Å². The molecule has 0 amide bonds. The molecule has 0 radical (unpaired) electrons. The summed E-state index contributed by atoms with van der Waals surface area (Å²) < 4.78 is 43.1. The Morgan fingerprint density at radius 1 is 1.15 bits per heavy atom. The number of hydrogen-bond acceptors (Lipinski definition) is 3. The lowest BCUT2D eigenvalue weighted by Gasteiger charge is -2.23. The van der Waals surface area contributed by atoms with E-state index in [-0.39, 0.29) is 29.0 Å². The molecule has 0 saturated heterocycles. The Morgan fingerprint density at radius 2 is 1.88 bits per heavy atom. The van der Waals surface area contributed by atoms with Gasteiger partial charge in [0, 0.05) is 5.56 Å². The molecule has 180 valence electrons. The zero-order valence-corrected chi connectivity index (χ0v) is 19.2. The maximum absolute atomic E-state index is 13.9. The summed E-state index contributed by atoms with van der Waals surface area (Å²) in [6, 6.07) is 4.25. The van der Waals surface area contributed by atoms with Gasteiger partial charge in [0.1, 0.15) is 0 Å². The van der Waals surface area contributed by atoms with Crippen molar-refractivity contribution < 1.29 is 27.9 Å². The van der Waals surface area contributed by atoms with Crippen molar-refractivity contribution in [2.24, 2.45) is 5.92 Å². The van der Waals surface area contributed by atoms with Crippen LogP contribution in [0.2, 0.25) is 5.02 Å². The van der Waals surface area contributed by atoms with E-state index in [1.54, 1.807) is 0 Å². The number of benzene rings is 1. The standard InChI is InChI=1S/C25H24ClF3N2O3/c26-18-6-3-5-17(24(12-13-24)25(27,28)29)20(18)22(32)31-19-7-2-1-4-16(19)21(30-31)14-8-10-15(11-9-14)23(33)34/h3,5-6,8,15H,1-2,4,7,9-13H2,(H,33,34). The molecule has 1 unspecified atom stereocenters. The summed E-state index contributed by atoms with van der Waals surface area (Å²) in [5.41, 5.74) is 0.954. The highest BCUT2D eigenvalue weighted by atomic mass is 35.5. The average molecular weight is 493 g/mol. The quantitative estimate of drug-likeness (QED) is 0.571. The van der Waals surface area contributed by atoms with Crippen molar-refractivity contribution in [2.45, 2.75) is 69.4 Å². The first-order valence-corrected chi connectivity index (χ1v) is 12.0. The molecule has 0 spiro atoms. The van der Waals surface area contributed by atoms with Crippen LogP contribution in [-0.2, 0) is 23.1 Å². The van der Waals surface area contributed by atoms with Crippen molar-refractivity contribution in [3.05, 3.63) is 57.4 Å². The lowest BCUT2D eigenvalue weighted by Crippen LogP contribution is -2.32. The number of carboxylic acid groups (broad SMARTS) is 1. The van der Waals surface area contributed by atoms with Crippen LogP contribution in [0.4, 0.5) is 13.2 Å². The third kappa shape index (κ3) is 3.67. The minimum atomic E-state index is -4.48. The Kier molecular flexibility index (Phi) is 5.62. The Hall–Kier alpha value is -2.61. The fourth-order valence-corrected chi connectivity index (χ4v) is 5.63. The van der Waals surface area contributed by atoms with Gasteiger partial charge in [0.25, 0.3) is 5.91 Å². The van der Waals surface area contributed by atoms with Crippen LogP contribution in [0, 0.1) is 5.92 Å². The monoisotopic (exact) mass is 492 g/mol. The second-order valence-electron chi connectivity index (χ2n) is 9.48. The van der Waals surface area contributed by atoms with E-state index in [4.69, 9.17) is 11.6 Å². The van der Waals surface area contributed by atoms with E-state index < -0.39 is 29.4 Å². The highest BCUT2D eigenvalue weighted by molar-refractivity contribution is 6.34. The van der Waals surface area contributed by atoms with Crippen LogP contribution in [-0.4, -0.2) is 32.9 Å². The fourth-order valence-electron chi connectivity index (χ4n) is 5.38. The molecule has 1 fully saturated rings. The average Bonchev–Trinajstić information content (AvgIpc) is 3.54. The van der Waals surface area contributed by atoms with Crippen molar-refractivity contribution in [3.8, 4) is 0 Å². The maximum Gasteiger partial charge on any atom is 0.398 e. The first-order valence-electron chi connectivity index (χ1n) is 11.6. The van der Waals surface area contributed by atoms with Gasteiger partial charge in [0.05, 0.1) is 33.3 Å². The smallest absolute Gasteiger partial charge is 0.398 e. The van der Waals surface area contributed by atoms with E-state index in [9.17, 15) is 27.9 Å². The number of rotatable bonds is 4. The van der Waals surface area contributed by atoms with Gasteiger partial charge in [0.2, 0.25) is 0 Å². The van der Waals surface area contributed by atoms with E-state index in [2.05, 4.69) is 5.10 Å². The van der Waals surface area contributed by atoms with Gasteiger partial charge in [-0.05, 0) is 75.0 Å². The molecule has 34 heavy (non-hydrogen) atoms. The van der Waals surface area contributed by atoms with Gasteiger partial charge in [-0.2, -0.15) is 23.0 Å². The molecule has 0 bridgehead atoms. The summed E-state index contributed by atoms with van der Waals surface area (Å²) in [4.78, 5) is 25.1. The summed E-state index contributed by atoms with van der Waals surface area (Å²) in [5.74, 6) is -1.91. The third-order valence-corrected chi connectivity index (χ3v) is 7.79. The summed E-state index contributed by atoms with van der Waals surface area (Å²) in [6.45, 7) is 0. The first-order chi connectivity index (χ1) is 16.1. The van der Waals surface area contributed by atoms with E-state index in [1.807, 2.05) is 6.08 Å². The molecule has 2 aromatic rings. The normalized spacial score (nSPS) is 21.5. The zero-order chi connectivity index (χ0) is 24.3. The number of aromatic nitrogens is 2. The summed E-state index contributed by atoms with van der Waals surface area (Å²) in [5, 5.41) is 13.9. The number of carbonyl (C=O) groups excluding carboxylic acids is 1. The van der Waals surface area contributed by atoms with Crippen molar-refractivity contribution in [1.82, 2.24) is 9.78 Å². The number of alkyl halides is 3. The van der Waals surface area contributed by atoms with Crippen LogP contribution in [0.3, 0.4) is 0 Å². The van der Waals surface area contributed by atoms with Gasteiger partial charge in [-0.25, -0.2) is 0 Å². The Morgan fingerprint density at radius 3 is 2.50 bits per heavy atom. The molecule has 5 rings (SSSR count). The van der Waals surface area contributed by atoms with Crippen LogP contribution >= 0.6 is 11.6 Å². The first kappa shape index (κ1) is 23.1. The number of carbonyl (C=O) groups is 2. The molecule has 1 aromatic carbocycles. The number of allylic oxidation sites excluding steroid dienone is 2. The van der Waals surface area contributed by atoms with Crippen LogP contribution in [0.25, 0.3) is 5.57 Å². The van der Waals surface area contributed by atoms with Crippen LogP contribution in [0.5, 0.6) is 0 Å². The Balaban J connectivity index is 1.59. The molecule has 3 aliphatic rings. The van der Waals surface area contributed by atoms with Crippen molar-refractivity contribution in [3.63, 3.8) is 0 Å². The van der Waals surface area contributed by atoms with Gasteiger partial charge >= 0.3 is 12.1 Å². The number of nitrogens with zero attached hydrogens (tertiary/aromatic N) is 2. The maximum atomic E-state index is 13.9. The number of hydrogen-bond donors (Lipinski definition) is 1. The second-order valence-corrected chi connectivity index (χ2v) is 9.89. The molecule has 3 aliphatic carbocycles.